The highest BCUT2D eigenvalue weighted by Crippen LogP contribution is 2.40. The summed E-state index contributed by atoms with van der Waals surface area (Å²) in [4.78, 5) is 26.1. The molecule has 1 aliphatic carbocycles. The Balaban J connectivity index is 1.70. The van der Waals surface area contributed by atoms with Crippen molar-refractivity contribution in [2.45, 2.75) is 33.1 Å². The molecular weight excluding hydrogens is 376 g/mol. The molecule has 0 saturated carbocycles. The van der Waals surface area contributed by atoms with Gasteiger partial charge in [-0.3, -0.25) is 9.59 Å². The van der Waals surface area contributed by atoms with Crippen LogP contribution in [0, 0.1) is 12.8 Å². The summed E-state index contributed by atoms with van der Waals surface area (Å²) in [6.07, 6.45) is 2.73. The molecule has 4 rings (SSSR count). The van der Waals surface area contributed by atoms with Crippen LogP contribution in [0.1, 0.15) is 50.3 Å². The summed E-state index contributed by atoms with van der Waals surface area (Å²) >= 11 is 1.44. The fraction of sp³-hybridized carbons (Fsp3) is 0.333. The number of amides is 2. The maximum absolute atomic E-state index is 12.9. The van der Waals surface area contributed by atoms with Gasteiger partial charge in [0, 0.05) is 15.8 Å². The third-order valence-electron chi connectivity index (χ3n) is 5.33. The molecule has 6 nitrogen and oxygen atoms in total. The first-order valence-electron chi connectivity index (χ1n) is 9.21. The fourth-order valence-electron chi connectivity index (χ4n) is 3.80. The van der Waals surface area contributed by atoms with Crippen LogP contribution in [0.4, 0.5) is 5.00 Å². The number of ether oxygens (including phenoxy) is 1. The number of carbonyl (C=O) groups excluding carboxylic acids is 2. The zero-order valence-electron chi connectivity index (χ0n) is 16.0. The third kappa shape index (κ3) is 3.05. The highest BCUT2D eigenvalue weighted by molar-refractivity contribution is 7.17. The van der Waals surface area contributed by atoms with E-state index in [4.69, 9.17) is 14.9 Å². The monoisotopic (exact) mass is 398 g/mol. The zero-order valence-corrected chi connectivity index (χ0v) is 16.9. The summed E-state index contributed by atoms with van der Waals surface area (Å²) in [6.45, 7) is 4.02. The van der Waals surface area contributed by atoms with Gasteiger partial charge in [-0.15, -0.1) is 11.3 Å². The molecule has 7 heteroatoms. The van der Waals surface area contributed by atoms with Crippen molar-refractivity contribution in [1.82, 2.24) is 0 Å². The standard InChI is InChI=1S/C21H22N2O4S/c1-10-4-6-13-16(8-10)28-21(17(13)19(22)24)23-20(25)18-11(2)14-9-12(26-3)5-7-15(14)27-18/h5,7,9-10H,4,6,8H2,1-3H3,(H2,22,24)(H,23,25). The van der Waals surface area contributed by atoms with Crippen LogP contribution in [0.15, 0.2) is 22.6 Å². The summed E-state index contributed by atoms with van der Waals surface area (Å²) in [5.74, 6) is 0.580. The van der Waals surface area contributed by atoms with Crippen molar-refractivity contribution in [2.75, 3.05) is 12.4 Å². The van der Waals surface area contributed by atoms with Crippen LogP contribution in [-0.2, 0) is 12.8 Å². The second-order valence-electron chi connectivity index (χ2n) is 7.29. The molecule has 2 amide bonds. The highest BCUT2D eigenvalue weighted by atomic mass is 32.1. The van der Waals surface area contributed by atoms with E-state index in [0.717, 1.165) is 40.7 Å². The number of benzene rings is 1. The van der Waals surface area contributed by atoms with Gasteiger partial charge in [0.15, 0.2) is 5.76 Å². The predicted octanol–water partition coefficient (Wildman–Crippen LogP) is 4.29. The normalized spacial score (nSPS) is 16.0. The Kier molecular flexibility index (Phi) is 4.63. The molecule has 1 unspecified atom stereocenters. The van der Waals surface area contributed by atoms with Gasteiger partial charge in [-0.1, -0.05) is 6.92 Å². The van der Waals surface area contributed by atoms with E-state index in [-0.39, 0.29) is 11.7 Å². The van der Waals surface area contributed by atoms with E-state index in [1.165, 1.54) is 11.3 Å². The number of furan rings is 1. The number of methoxy groups -OCH3 is 1. The van der Waals surface area contributed by atoms with Crippen molar-refractivity contribution in [3.8, 4) is 5.75 Å². The number of fused-ring (bicyclic) bond motifs is 2. The minimum atomic E-state index is -0.506. The number of aryl methyl sites for hydroxylation is 1. The number of hydrogen-bond acceptors (Lipinski definition) is 5. The Labute approximate surface area is 166 Å². The quantitative estimate of drug-likeness (QED) is 0.685. The highest BCUT2D eigenvalue weighted by Gasteiger charge is 2.28. The maximum atomic E-state index is 12.9. The number of rotatable bonds is 4. The summed E-state index contributed by atoms with van der Waals surface area (Å²) in [7, 11) is 1.59. The van der Waals surface area contributed by atoms with Gasteiger partial charge >= 0.3 is 0 Å². The molecule has 1 aliphatic rings. The molecule has 3 aromatic rings. The average molecular weight is 398 g/mol. The van der Waals surface area contributed by atoms with E-state index < -0.39 is 5.91 Å². The maximum Gasteiger partial charge on any atom is 0.292 e. The Morgan fingerprint density at radius 2 is 2.14 bits per heavy atom. The number of anilines is 1. The minimum absolute atomic E-state index is 0.221. The topological polar surface area (TPSA) is 94.6 Å². The summed E-state index contributed by atoms with van der Waals surface area (Å²) in [5.41, 5.74) is 8.39. The lowest BCUT2D eigenvalue weighted by Gasteiger charge is -2.18. The average Bonchev–Trinajstić information content (AvgIpc) is 3.18. The van der Waals surface area contributed by atoms with Crippen molar-refractivity contribution in [2.24, 2.45) is 11.7 Å². The van der Waals surface area contributed by atoms with E-state index in [9.17, 15) is 9.59 Å². The van der Waals surface area contributed by atoms with Gasteiger partial charge in [0.1, 0.15) is 16.3 Å². The molecule has 28 heavy (non-hydrogen) atoms. The van der Waals surface area contributed by atoms with Crippen LogP contribution in [0.2, 0.25) is 0 Å². The van der Waals surface area contributed by atoms with Crippen molar-refractivity contribution in [3.05, 3.63) is 45.5 Å². The van der Waals surface area contributed by atoms with Gasteiger partial charge in [-0.05, 0) is 55.9 Å². The number of primary amides is 1. The Morgan fingerprint density at radius 3 is 2.86 bits per heavy atom. The van der Waals surface area contributed by atoms with Crippen molar-refractivity contribution in [1.29, 1.82) is 0 Å². The second-order valence-corrected chi connectivity index (χ2v) is 8.40. The van der Waals surface area contributed by atoms with Crippen LogP contribution in [0.25, 0.3) is 11.0 Å². The van der Waals surface area contributed by atoms with Gasteiger partial charge in [0.05, 0.1) is 12.7 Å². The molecule has 1 aromatic carbocycles. The van der Waals surface area contributed by atoms with Gasteiger partial charge in [0.2, 0.25) is 0 Å². The van der Waals surface area contributed by atoms with E-state index >= 15 is 0 Å². The van der Waals surface area contributed by atoms with Crippen molar-refractivity contribution >= 4 is 39.1 Å². The molecule has 2 heterocycles. The van der Waals surface area contributed by atoms with E-state index in [0.29, 0.717) is 27.8 Å². The summed E-state index contributed by atoms with van der Waals surface area (Å²) in [5, 5.41) is 4.19. The van der Waals surface area contributed by atoms with E-state index in [1.807, 2.05) is 13.0 Å². The third-order valence-corrected chi connectivity index (χ3v) is 6.50. The first kappa shape index (κ1) is 18.6. The lowest BCUT2D eigenvalue weighted by Crippen LogP contribution is -2.19. The number of hydrogen-bond donors (Lipinski definition) is 2. The molecule has 2 aromatic heterocycles. The summed E-state index contributed by atoms with van der Waals surface area (Å²) < 4.78 is 11.0. The zero-order chi connectivity index (χ0) is 20.0. The molecular formula is C21H22N2O4S. The lowest BCUT2D eigenvalue weighted by molar-refractivity contribution is 0.0998. The largest absolute Gasteiger partial charge is 0.497 e. The number of nitrogens with two attached hydrogens (primary N) is 1. The van der Waals surface area contributed by atoms with Crippen LogP contribution in [0.3, 0.4) is 0 Å². The molecule has 0 fully saturated rings. The van der Waals surface area contributed by atoms with E-state index in [2.05, 4.69) is 12.2 Å². The molecule has 0 saturated heterocycles. The van der Waals surface area contributed by atoms with Gasteiger partial charge in [-0.25, -0.2) is 0 Å². The molecule has 0 spiro atoms. The first-order chi connectivity index (χ1) is 13.4. The fourth-order valence-corrected chi connectivity index (χ4v) is 5.21. The van der Waals surface area contributed by atoms with Gasteiger partial charge < -0.3 is 20.2 Å². The molecule has 146 valence electrons. The predicted molar refractivity (Wildman–Crippen MR) is 109 cm³/mol. The number of carbonyl (C=O) groups is 2. The molecule has 0 aliphatic heterocycles. The molecule has 1 atom stereocenters. The SMILES string of the molecule is COc1ccc2oc(C(=O)Nc3sc4c(c3C(N)=O)CCC(C)C4)c(C)c2c1. The Morgan fingerprint density at radius 1 is 1.36 bits per heavy atom. The van der Waals surface area contributed by atoms with Gasteiger partial charge in [-0.2, -0.15) is 0 Å². The number of thiophene rings is 1. The second kappa shape index (κ2) is 6.98. The minimum Gasteiger partial charge on any atom is -0.497 e. The van der Waals surface area contributed by atoms with Crippen LogP contribution < -0.4 is 15.8 Å². The lowest BCUT2D eigenvalue weighted by atomic mass is 9.88. The number of nitrogens with one attached hydrogen (secondary N) is 1. The van der Waals surface area contributed by atoms with Crippen molar-refractivity contribution in [3.63, 3.8) is 0 Å². The Bertz CT molecular complexity index is 1100. The smallest absolute Gasteiger partial charge is 0.292 e. The first-order valence-corrected chi connectivity index (χ1v) is 10.0. The van der Waals surface area contributed by atoms with Crippen LogP contribution in [-0.4, -0.2) is 18.9 Å². The Hall–Kier alpha value is -2.80. The van der Waals surface area contributed by atoms with E-state index in [1.54, 1.807) is 19.2 Å². The van der Waals surface area contributed by atoms with Crippen molar-refractivity contribution < 1.29 is 18.7 Å². The van der Waals surface area contributed by atoms with Crippen LogP contribution >= 0.6 is 11.3 Å². The molecule has 0 radical (unpaired) electrons. The molecule has 3 N–H and O–H groups in total. The van der Waals surface area contributed by atoms with Crippen LogP contribution in [0.5, 0.6) is 5.75 Å². The summed E-state index contributed by atoms with van der Waals surface area (Å²) in [6, 6.07) is 5.40. The molecule has 0 bridgehead atoms. The van der Waals surface area contributed by atoms with Gasteiger partial charge in [0.25, 0.3) is 11.8 Å².